The average molecular weight is 271 g/mol. The minimum atomic E-state index is -1.36. The molecular formula is C11H13NO5S. The number of carboxylic acids is 1. The van der Waals surface area contributed by atoms with Gasteiger partial charge in [0, 0.05) is 6.07 Å². The summed E-state index contributed by atoms with van der Waals surface area (Å²) in [6.45, 7) is 0.336. The summed E-state index contributed by atoms with van der Waals surface area (Å²) in [5, 5.41) is 19.7. The molecule has 0 amide bonds. The second kappa shape index (κ2) is 6.85. The van der Waals surface area contributed by atoms with Gasteiger partial charge in [-0.15, -0.1) is 0 Å². The summed E-state index contributed by atoms with van der Waals surface area (Å²) in [7, 11) is 0. The molecule has 0 fully saturated rings. The van der Waals surface area contributed by atoms with E-state index < -0.39 is 22.1 Å². The van der Waals surface area contributed by atoms with Crippen molar-refractivity contribution in [3.8, 4) is 5.75 Å². The largest absolute Gasteiger partial charge is 0.492 e. The fourth-order valence-corrected chi connectivity index (χ4v) is 1.80. The molecule has 1 N–H and O–H groups in total. The van der Waals surface area contributed by atoms with Crippen LogP contribution >= 0.6 is 11.8 Å². The highest BCUT2D eigenvalue weighted by Crippen LogP contribution is 2.28. The number of nitro benzene ring substituents is 1. The summed E-state index contributed by atoms with van der Waals surface area (Å²) < 4.78 is 5.29. The molecule has 0 aliphatic rings. The van der Waals surface area contributed by atoms with Crippen LogP contribution in [0.4, 0.5) is 5.69 Å². The number of rotatable bonds is 7. The number of hydrogen-bond donors (Lipinski definition) is 1. The SMILES string of the molecule is CSCCCOc1cccc([N+](=O)[O-])c1C(=O)O. The van der Waals surface area contributed by atoms with Gasteiger partial charge in [-0.05, 0) is 24.5 Å². The Hall–Kier alpha value is -1.76. The normalized spacial score (nSPS) is 10.1. The lowest BCUT2D eigenvalue weighted by molar-refractivity contribution is -0.385. The number of carbonyl (C=O) groups is 1. The molecule has 1 aromatic rings. The lowest BCUT2D eigenvalue weighted by Gasteiger charge is -2.08. The zero-order valence-corrected chi connectivity index (χ0v) is 10.6. The van der Waals surface area contributed by atoms with E-state index in [4.69, 9.17) is 9.84 Å². The van der Waals surface area contributed by atoms with E-state index in [1.54, 1.807) is 11.8 Å². The van der Waals surface area contributed by atoms with Gasteiger partial charge in [-0.2, -0.15) is 11.8 Å². The third-order valence-electron chi connectivity index (χ3n) is 2.17. The van der Waals surface area contributed by atoms with Crippen molar-refractivity contribution in [3.05, 3.63) is 33.9 Å². The van der Waals surface area contributed by atoms with E-state index >= 15 is 0 Å². The number of thioether (sulfide) groups is 1. The Kier molecular flexibility index (Phi) is 5.44. The Morgan fingerprint density at radius 1 is 1.56 bits per heavy atom. The Bertz CT molecular complexity index is 449. The molecule has 0 aliphatic carbocycles. The molecule has 0 saturated heterocycles. The maximum absolute atomic E-state index is 11.0. The molecule has 7 heteroatoms. The lowest BCUT2D eigenvalue weighted by Crippen LogP contribution is -2.08. The Balaban J connectivity index is 2.93. The van der Waals surface area contributed by atoms with Gasteiger partial charge in [0.15, 0.2) is 5.56 Å². The first kappa shape index (κ1) is 14.3. The summed E-state index contributed by atoms with van der Waals surface area (Å²) >= 11 is 1.65. The zero-order valence-electron chi connectivity index (χ0n) is 9.79. The minimum Gasteiger partial charge on any atom is -0.492 e. The van der Waals surface area contributed by atoms with Crippen LogP contribution in [0.2, 0.25) is 0 Å². The molecule has 1 rings (SSSR count). The molecule has 0 aliphatic heterocycles. The van der Waals surface area contributed by atoms with Crippen LogP contribution < -0.4 is 4.74 Å². The van der Waals surface area contributed by atoms with Gasteiger partial charge in [0.25, 0.3) is 5.69 Å². The second-order valence-electron chi connectivity index (χ2n) is 3.41. The fourth-order valence-electron chi connectivity index (χ4n) is 1.39. The van der Waals surface area contributed by atoms with E-state index in [-0.39, 0.29) is 5.75 Å². The van der Waals surface area contributed by atoms with Gasteiger partial charge in [0.2, 0.25) is 0 Å². The van der Waals surface area contributed by atoms with Gasteiger partial charge in [0.1, 0.15) is 5.75 Å². The van der Waals surface area contributed by atoms with E-state index in [1.807, 2.05) is 6.26 Å². The molecule has 0 spiro atoms. The first-order valence-electron chi connectivity index (χ1n) is 5.20. The van der Waals surface area contributed by atoms with E-state index in [9.17, 15) is 14.9 Å². The van der Waals surface area contributed by atoms with Crippen LogP contribution in [0.3, 0.4) is 0 Å². The third kappa shape index (κ3) is 3.63. The van der Waals surface area contributed by atoms with E-state index in [0.717, 1.165) is 18.2 Å². The summed E-state index contributed by atoms with van der Waals surface area (Å²) in [5.41, 5.74) is -0.850. The Morgan fingerprint density at radius 3 is 2.83 bits per heavy atom. The monoisotopic (exact) mass is 271 g/mol. The molecule has 0 bridgehead atoms. The first-order valence-corrected chi connectivity index (χ1v) is 6.59. The maximum atomic E-state index is 11.0. The van der Waals surface area contributed by atoms with Crippen LogP contribution in [-0.2, 0) is 0 Å². The van der Waals surface area contributed by atoms with Crippen molar-refractivity contribution in [2.75, 3.05) is 18.6 Å². The molecule has 6 nitrogen and oxygen atoms in total. The van der Waals surface area contributed by atoms with Crippen molar-refractivity contribution in [1.82, 2.24) is 0 Å². The van der Waals surface area contributed by atoms with Gasteiger partial charge in [-0.3, -0.25) is 10.1 Å². The molecule has 98 valence electrons. The molecule has 1 aromatic carbocycles. The number of hydrogen-bond acceptors (Lipinski definition) is 5. The van der Waals surface area contributed by atoms with Gasteiger partial charge in [0.05, 0.1) is 11.5 Å². The van der Waals surface area contributed by atoms with Crippen LogP contribution in [0.5, 0.6) is 5.75 Å². The molecule has 18 heavy (non-hydrogen) atoms. The number of nitro groups is 1. The van der Waals surface area contributed by atoms with Gasteiger partial charge in [-0.25, -0.2) is 4.79 Å². The summed E-state index contributed by atoms with van der Waals surface area (Å²) in [6, 6.07) is 3.99. The minimum absolute atomic E-state index is 0.0396. The van der Waals surface area contributed by atoms with Gasteiger partial charge >= 0.3 is 5.97 Å². The van der Waals surface area contributed by atoms with Gasteiger partial charge in [-0.1, -0.05) is 6.07 Å². The Morgan fingerprint density at radius 2 is 2.28 bits per heavy atom. The van der Waals surface area contributed by atoms with Crippen molar-refractivity contribution >= 4 is 23.4 Å². The zero-order chi connectivity index (χ0) is 13.5. The number of carboxylic acid groups (broad SMARTS) is 1. The number of benzene rings is 1. The van der Waals surface area contributed by atoms with E-state index in [0.29, 0.717) is 6.61 Å². The summed E-state index contributed by atoms with van der Waals surface area (Å²) in [6.07, 6.45) is 2.71. The number of aromatic carboxylic acids is 1. The van der Waals surface area contributed by atoms with Crippen molar-refractivity contribution in [2.24, 2.45) is 0 Å². The number of ether oxygens (including phenoxy) is 1. The Labute approximate surface area is 108 Å². The molecule has 0 atom stereocenters. The highest BCUT2D eigenvalue weighted by molar-refractivity contribution is 7.98. The van der Waals surface area contributed by atoms with Crippen LogP contribution in [0, 0.1) is 10.1 Å². The molecular weight excluding hydrogens is 258 g/mol. The van der Waals surface area contributed by atoms with Crippen LogP contribution in [0.25, 0.3) is 0 Å². The summed E-state index contributed by atoms with van der Waals surface area (Å²) in [5.74, 6) is -0.433. The standard InChI is InChI=1S/C11H13NO5S/c1-18-7-3-6-17-9-5-2-4-8(12(15)16)10(9)11(13)14/h2,4-5H,3,6-7H2,1H3,(H,13,14). The smallest absolute Gasteiger partial charge is 0.346 e. The average Bonchev–Trinajstić information content (AvgIpc) is 2.33. The van der Waals surface area contributed by atoms with E-state index in [1.165, 1.54) is 12.1 Å². The highest BCUT2D eigenvalue weighted by Gasteiger charge is 2.24. The summed E-state index contributed by atoms with van der Waals surface area (Å²) in [4.78, 5) is 21.1. The van der Waals surface area contributed by atoms with Crippen LogP contribution in [0.1, 0.15) is 16.8 Å². The highest BCUT2D eigenvalue weighted by atomic mass is 32.2. The van der Waals surface area contributed by atoms with Crippen LogP contribution in [0.15, 0.2) is 18.2 Å². The van der Waals surface area contributed by atoms with Crippen molar-refractivity contribution in [2.45, 2.75) is 6.42 Å². The van der Waals surface area contributed by atoms with Crippen molar-refractivity contribution < 1.29 is 19.6 Å². The first-order chi connectivity index (χ1) is 8.57. The molecule has 0 aromatic heterocycles. The molecule has 0 heterocycles. The predicted octanol–water partition coefficient (Wildman–Crippen LogP) is 2.42. The predicted molar refractivity (Wildman–Crippen MR) is 68.5 cm³/mol. The van der Waals surface area contributed by atoms with E-state index in [2.05, 4.69) is 0 Å². The quantitative estimate of drug-likeness (QED) is 0.465. The molecule has 0 saturated carbocycles. The molecule has 0 unspecified atom stereocenters. The van der Waals surface area contributed by atoms with Crippen molar-refractivity contribution in [3.63, 3.8) is 0 Å². The lowest BCUT2D eigenvalue weighted by atomic mass is 10.1. The molecule has 0 radical (unpaired) electrons. The van der Waals surface area contributed by atoms with Gasteiger partial charge < -0.3 is 9.84 Å². The number of nitrogens with zero attached hydrogens (tertiary/aromatic N) is 1. The topological polar surface area (TPSA) is 89.7 Å². The fraction of sp³-hybridized carbons (Fsp3) is 0.364. The van der Waals surface area contributed by atoms with Crippen LogP contribution in [-0.4, -0.2) is 34.6 Å². The second-order valence-corrected chi connectivity index (χ2v) is 4.39. The third-order valence-corrected chi connectivity index (χ3v) is 2.86. The van der Waals surface area contributed by atoms with Crippen molar-refractivity contribution in [1.29, 1.82) is 0 Å². The maximum Gasteiger partial charge on any atom is 0.346 e.